The number of aromatic nitrogens is 2. The van der Waals surface area contributed by atoms with E-state index in [1.807, 2.05) is 37.5 Å². The van der Waals surface area contributed by atoms with Gasteiger partial charge in [-0.25, -0.2) is 9.37 Å². The number of benzene rings is 2. The first-order valence-corrected chi connectivity index (χ1v) is 11.9. The van der Waals surface area contributed by atoms with Crippen molar-refractivity contribution in [1.82, 2.24) is 14.9 Å². The van der Waals surface area contributed by atoms with Crippen LogP contribution in [0, 0.1) is 5.82 Å². The number of nitrogens with zero attached hydrogens (tertiary/aromatic N) is 2. The molecule has 180 valence electrons. The maximum absolute atomic E-state index is 13.5. The molecule has 2 aromatic carbocycles. The molecule has 7 heteroatoms. The largest absolute Gasteiger partial charge is 0.497 e. The van der Waals surface area contributed by atoms with Crippen LogP contribution in [0.2, 0.25) is 0 Å². The zero-order chi connectivity index (χ0) is 24.4. The molecule has 2 heterocycles. The van der Waals surface area contributed by atoms with Crippen LogP contribution >= 0.6 is 0 Å². The molecule has 1 N–H and O–H groups in total. The normalized spacial score (nSPS) is 14.7. The van der Waals surface area contributed by atoms with Crippen LogP contribution in [-0.4, -0.2) is 22.6 Å². The summed E-state index contributed by atoms with van der Waals surface area (Å²) in [6.07, 6.45) is 6.30. The summed E-state index contributed by atoms with van der Waals surface area (Å²) < 4.78 is 27.1. The lowest BCUT2D eigenvalue weighted by atomic mass is 10.1. The molecule has 5 rings (SSSR count). The van der Waals surface area contributed by atoms with E-state index in [9.17, 15) is 9.18 Å². The first-order chi connectivity index (χ1) is 17.0. The Hall–Kier alpha value is -3.87. The van der Waals surface area contributed by atoms with Crippen LogP contribution in [0.4, 0.5) is 4.39 Å². The van der Waals surface area contributed by atoms with E-state index in [0.717, 1.165) is 35.4 Å². The molecule has 1 amide bonds. The van der Waals surface area contributed by atoms with Crippen molar-refractivity contribution in [3.63, 3.8) is 0 Å². The van der Waals surface area contributed by atoms with E-state index >= 15 is 0 Å². The number of hydrogen-bond acceptors (Lipinski definition) is 4. The lowest BCUT2D eigenvalue weighted by Gasteiger charge is -2.15. The number of furan rings is 1. The molecule has 6 nitrogen and oxygen atoms in total. The number of carbonyl (C=O) groups is 1. The van der Waals surface area contributed by atoms with Crippen molar-refractivity contribution >= 4 is 5.91 Å². The standard InChI is InChI=1S/C28H28FN3O3/c1-18(20-6-5-9-23(16-20)34-2)31-28(33)25-15-14-24(35-25)27-26(19-10-12-21(29)13-11-19)30-17-32(27)22-7-3-4-8-22/h5-6,9-18,22H,3-4,7-8H2,1-2H3,(H,31,33)/t18-/m1/s1. The van der Waals surface area contributed by atoms with Gasteiger partial charge >= 0.3 is 0 Å². The van der Waals surface area contributed by atoms with Gasteiger partial charge in [0.15, 0.2) is 11.5 Å². The molecule has 1 fully saturated rings. The highest BCUT2D eigenvalue weighted by atomic mass is 19.1. The Morgan fingerprint density at radius 1 is 1.14 bits per heavy atom. The summed E-state index contributed by atoms with van der Waals surface area (Å²) in [6.45, 7) is 1.92. The zero-order valence-corrected chi connectivity index (χ0v) is 19.8. The number of hydrogen-bond donors (Lipinski definition) is 1. The Bertz CT molecular complexity index is 1320. The Morgan fingerprint density at radius 2 is 1.91 bits per heavy atom. The Kier molecular flexibility index (Phi) is 6.40. The fourth-order valence-corrected chi connectivity index (χ4v) is 4.73. The molecule has 35 heavy (non-hydrogen) atoms. The number of halogens is 1. The van der Waals surface area contributed by atoms with Crippen LogP contribution in [0.3, 0.4) is 0 Å². The van der Waals surface area contributed by atoms with Gasteiger partial charge in [-0.3, -0.25) is 4.79 Å². The predicted molar refractivity (Wildman–Crippen MR) is 132 cm³/mol. The van der Waals surface area contributed by atoms with Gasteiger partial charge in [-0.15, -0.1) is 0 Å². The highest BCUT2D eigenvalue weighted by Crippen LogP contribution is 2.39. The number of amides is 1. The molecule has 1 atom stereocenters. The van der Waals surface area contributed by atoms with Crippen LogP contribution in [0.15, 0.2) is 71.4 Å². The summed E-state index contributed by atoms with van der Waals surface area (Å²) in [5, 5.41) is 2.99. The summed E-state index contributed by atoms with van der Waals surface area (Å²) in [4.78, 5) is 17.7. The number of carbonyl (C=O) groups excluding carboxylic acids is 1. The SMILES string of the molecule is COc1cccc([C@@H](C)NC(=O)c2ccc(-c3c(-c4ccc(F)cc4)ncn3C3CCCC3)o2)c1. The maximum Gasteiger partial charge on any atom is 0.287 e. The van der Waals surface area contributed by atoms with Gasteiger partial charge in [-0.2, -0.15) is 0 Å². The van der Waals surface area contributed by atoms with Crippen LogP contribution in [0.1, 0.15) is 60.8 Å². The molecule has 0 radical (unpaired) electrons. The molecule has 0 spiro atoms. The lowest BCUT2D eigenvalue weighted by molar-refractivity contribution is 0.0912. The van der Waals surface area contributed by atoms with Gasteiger partial charge in [0.2, 0.25) is 0 Å². The maximum atomic E-state index is 13.5. The second-order valence-electron chi connectivity index (χ2n) is 8.93. The van der Waals surface area contributed by atoms with Crippen molar-refractivity contribution in [2.24, 2.45) is 0 Å². The van der Waals surface area contributed by atoms with E-state index in [1.54, 1.807) is 31.4 Å². The fourth-order valence-electron chi connectivity index (χ4n) is 4.73. The van der Waals surface area contributed by atoms with Gasteiger partial charge in [-0.1, -0.05) is 25.0 Å². The van der Waals surface area contributed by atoms with Crippen molar-refractivity contribution < 1.29 is 18.3 Å². The quantitative estimate of drug-likeness (QED) is 0.330. The second-order valence-corrected chi connectivity index (χ2v) is 8.93. The topological polar surface area (TPSA) is 69.3 Å². The molecule has 4 aromatic rings. The van der Waals surface area contributed by atoms with Gasteiger partial charge in [0, 0.05) is 11.6 Å². The number of rotatable bonds is 7. The molecular formula is C28H28FN3O3. The summed E-state index contributed by atoms with van der Waals surface area (Å²) in [7, 11) is 1.61. The molecule has 0 aliphatic heterocycles. The summed E-state index contributed by atoms with van der Waals surface area (Å²) in [5.41, 5.74) is 3.25. The van der Waals surface area contributed by atoms with E-state index < -0.39 is 0 Å². The average Bonchev–Trinajstić information content (AvgIpc) is 3.64. The van der Waals surface area contributed by atoms with Crippen molar-refractivity contribution in [1.29, 1.82) is 0 Å². The number of methoxy groups -OCH3 is 1. The molecule has 2 aromatic heterocycles. The number of imidazole rings is 1. The zero-order valence-electron chi connectivity index (χ0n) is 19.8. The first kappa shape index (κ1) is 22.9. The third kappa shape index (κ3) is 4.71. The van der Waals surface area contributed by atoms with Crippen molar-refractivity contribution in [2.45, 2.75) is 44.7 Å². The van der Waals surface area contributed by atoms with E-state index in [4.69, 9.17) is 9.15 Å². The summed E-state index contributed by atoms with van der Waals surface area (Å²) in [6, 6.07) is 17.5. The van der Waals surface area contributed by atoms with E-state index in [-0.39, 0.29) is 23.5 Å². The van der Waals surface area contributed by atoms with Crippen molar-refractivity contribution in [2.75, 3.05) is 7.11 Å². The first-order valence-electron chi connectivity index (χ1n) is 11.9. The highest BCUT2D eigenvalue weighted by Gasteiger charge is 2.26. The van der Waals surface area contributed by atoms with Gasteiger partial charge in [-0.05, 0) is 73.9 Å². The lowest BCUT2D eigenvalue weighted by Crippen LogP contribution is -2.26. The molecule has 1 saturated carbocycles. The minimum Gasteiger partial charge on any atom is -0.497 e. The average molecular weight is 474 g/mol. The summed E-state index contributed by atoms with van der Waals surface area (Å²) in [5.74, 6) is 0.915. The highest BCUT2D eigenvalue weighted by molar-refractivity contribution is 5.92. The third-order valence-corrected chi connectivity index (χ3v) is 6.63. The third-order valence-electron chi connectivity index (χ3n) is 6.63. The van der Waals surface area contributed by atoms with Gasteiger partial charge in [0.25, 0.3) is 5.91 Å². The van der Waals surface area contributed by atoms with Crippen LogP contribution in [0.5, 0.6) is 5.75 Å². The summed E-state index contributed by atoms with van der Waals surface area (Å²) >= 11 is 0. The minimum atomic E-state index is -0.304. The number of ether oxygens (including phenoxy) is 1. The molecule has 1 aliphatic carbocycles. The van der Waals surface area contributed by atoms with Gasteiger partial charge in [0.05, 0.1) is 25.2 Å². The molecule has 0 unspecified atom stereocenters. The predicted octanol–water partition coefficient (Wildman–Crippen LogP) is 6.56. The van der Waals surface area contributed by atoms with Crippen LogP contribution in [0.25, 0.3) is 22.7 Å². The van der Waals surface area contributed by atoms with Crippen LogP contribution < -0.4 is 10.1 Å². The van der Waals surface area contributed by atoms with E-state index in [1.165, 1.54) is 25.0 Å². The van der Waals surface area contributed by atoms with E-state index in [0.29, 0.717) is 17.5 Å². The second kappa shape index (κ2) is 9.78. The monoisotopic (exact) mass is 473 g/mol. The van der Waals surface area contributed by atoms with Crippen LogP contribution in [-0.2, 0) is 0 Å². The molecular weight excluding hydrogens is 445 g/mol. The fraction of sp³-hybridized carbons (Fsp3) is 0.286. The molecule has 1 aliphatic rings. The number of nitrogens with one attached hydrogen (secondary N) is 1. The minimum absolute atomic E-state index is 0.221. The van der Waals surface area contributed by atoms with Gasteiger partial charge < -0.3 is 19.0 Å². The van der Waals surface area contributed by atoms with E-state index in [2.05, 4.69) is 14.9 Å². The Balaban J connectivity index is 1.44. The van der Waals surface area contributed by atoms with Crippen molar-refractivity contribution in [3.05, 3.63) is 84.1 Å². The van der Waals surface area contributed by atoms with Crippen molar-refractivity contribution in [3.8, 4) is 28.5 Å². The molecule has 0 saturated heterocycles. The Labute approximate surface area is 203 Å². The smallest absolute Gasteiger partial charge is 0.287 e. The Morgan fingerprint density at radius 3 is 2.66 bits per heavy atom. The van der Waals surface area contributed by atoms with Gasteiger partial charge in [0.1, 0.15) is 17.3 Å². The molecule has 0 bridgehead atoms.